The summed E-state index contributed by atoms with van der Waals surface area (Å²) in [5.74, 6) is 1.02. The highest BCUT2D eigenvalue weighted by Crippen LogP contribution is 2.26. The van der Waals surface area contributed by atoms with Crippen LogP contribution in [0.25, 0.3) is 16.7 Å². The maximum Gasteiger partial charge on any atom is 0.168 e. The van der Waals surface area contributed by atoms with E-state index in [0.29, 0.717) is 17.2 Å². The Kier molecular flexibility index (Phi) is 3.74. The fourth-order valence-electron chi connectivity index (χ4n) is 2.58. The number of fused-ring (bicyclic) bond motifs is 1. The number of nitrogens with one attached hydrogen (secondary N) is 1. The summed E-state index contributed by atoms with van der Waals surface area (Å²) in [6, 6.07) is 13.7. The Morgan fingerprint density at radius 2 is 1.96 bits per heavy atom. The Balaban J connectivity index is 1.76. The number of anilines is 2. The van der Waals surface area contributed by atoms with E-state index in [1.165, 1.54) is 18.5 Å². The quantitative estimate of drug-likeness (QED) is 0.616. The van der Waals surface area contributed by atoms with Crippen LogP contribution < -0.4 is 10.1 Å². The minimum atomic E-state index is -0.329. The molecule has 4 rings (SSSR count). The summed E-state index contributed by atoms with van der Waals surface area (Å²) in [5, 5.41) is 8.30. The van der Waals surface area contributed by atoms with Gasteiger partial charge in [-0.05, 0) is 30.3 Å². The lowest BCUT2D eigenvalue weighted by atomic mass is 10.3. The number of ether oxygens (including phenoxy) is 1. The van der Waals surface area contributed by atoms with Crippen molar-refractivity contribution in [2.24, 2.45) is 0 Å². The van der Waals surface area contributed by atoms with Crippen molar-refractivity contribution in [2.45, 2.75) is 0 Å². The third kappa shape index (κ3) is 2.87. The van der Waals surface area contributed by atoms with Gasteiger partial charge in [-0.2, -0.15) is 5.10 Å². The monoisotopic (exact) mass is 335 g/mol. The number of hydrogen-bond acceptors (Lipinski definition) is 5. The van der Waals surface area contributed by atoms with Gasteiger partial charge < -0.3 is 10.1 Å². The molecule has 0 spiro atoms. The van der Waals surface area contributed by atoms with Gasteiger partial charge in [-0.25, -0.2) is 19.0 Å². The van der Waals surface area contributed by atoms with E-state index in [9.17, 15) is 4.39 Å². The van der Waals surface area contributed by atoms with Crippen LogP contribution in [0.3, 0.4) is 0 Å². The summed E-state index contributed by atoms with van der Waals surface area (Å²) in [6.07, 6.45) is 3.10. The van der Waals surface area contributed by atoms with Crippen LogP contribution in [0, 0.1) is 5.82 Å². The second-order valence-corrected chi connectivity index (χ2v) is 5.35. The Morgan fingerprint density at radius 1 is 1.08 bits per heavy atom. The molecule has 0 bridgehead atoms. The molecule has 0 atom stereocenters. The molecule has 0 amide bonds. The minimum absolute atomic E-state index is 0.329. The van der Waals surface area contributed by atoms with E-state index in [-0.39, 0.29) is 5.82 Å². The Morgan fingerprint density at radius 3 is 2.80 bits per heavy atom. The van der Waals surface area contributed by atoms with Gasteiger partial charge in [0.25, 0.3) is 0 Å². The standard InChI is InChI=1S/C18H14FN5O/c1-25-15-7-3-5-13(9-15)23-17-16-10-22-24(18(16)21-11-20-17)14-6-2-4-12(19)8-14/h2-11H,1H3,(H,20,21,23). The minimum Gasteiger partial charge on any atom is -0.497 e. The zero-order valence-corrected chi connectivity index (χ0v) is 13.3. The highest BCUT2D eigenvalue weighted by molar-refractivity contribution is 5.89. The molecule has 0 aliphatic rings. The predicted molar refractivity (Wildman–Crippen MR) is 92.9 cm³/mol. The molecule has 0 saturated carbocycles. The normalized spacial score (nSPS) is 10.8. The van der Waals surface area contributed by atoms with Gasteiger partial charge in [0.2, 0.25) is 0 Å². The van der Waals surface area contributed by atoms with E-state index in [4.69, 9.17) is 4.74 Å². The number of halogens is 1. The van der Waals surface area contributed by atoms with E-state index < -0.39 is 0 Å². The lowest BCUT2D eigenvalue weighted by molar-refractivity contribution is 0.415. The van der Waals surface area contributed by atoms with Gasteiger partial charge >= 0.3 is 0 Å². The molecule has 6 nitrogen and oxygen atoms in total. The predicted octanol–water partition coefficient (Wildman–Crippen LogP) is 3.71. The van der Waals surface area contributed by atoms with Crippen LogP contribution in [0.15, 0.2) is 61.1 Å². The summed E-state index contributed by atoms with van der Waals surface area (Å²) >= 11 is 0. The molecular formula is C18H14FN5O. The fourth-order valence-corrected chi connectivity index (χ4v) is 2.58. The maximum absolute atomic E-state index is 13.5. The van der Waals surface area contributed by atoms with Crippen LogP contribution in [0.1, 0.15) is 0 Å². The number of benzene rings is 2. The van der Waals surface area contributed by atoms with Crippen molar-refractivity contribution in [2.75, 3.05) is 12.4 Å². The topological polar surface area (TPSA) is 64.9 Å². The molecule has 0 fully saturated rings. The highest BCUT2D eigenvalue weighted by Gasteiger charge is 2.12. The summed E-state index contributed by atoms with van der Waals surface area (Å²) in [6.45, 7) is 0. The summed E-state index contributed by atoms with van der Waals surface area (Å²) < 4.78 is 20.3. The van der Waals surface area contributed by atoms with Gasteiger partial charge in [0.15, 0.2) is 5.65 Å². The summed E-state index contributed by atoms with van der Waals surface area (Å²) in [4.78, 5) is 8.58. The molecule has 0 saturated heterocycles. The van der Waals surface area contributed by atoms with Gasteiger partial charge in [0, 0.05) is 11.8 Å². The van der Waals surface area contributed by atoms with Gasteiger partial charge in [0.05, 0.1) is 24.4 Å². The van der Waals surface area contributed by atoms with Gasteiger partial charge in [-0.1, -0.05) is 12.1 Å². The lowest BCUT2D eigenvalue weighted by Crippen LogP contribution is -2.00. The zero-order chi connectivity index (χ0) is 17.2. The number of hydrogen-bond donors (Lipinski definition) is 1. The van der Waals surface area contributed by atoms with E-state index in [2.05, 4.69) is 20.4 Å². The van der Waals surface area contributed by atoms with Crippen molar-refractivity contribution < 1.29 is 9.13 Å². The molecule has 2 aromatic carbocycles. The molecule has 2 heterocycles. The molecule has 25 heavy (non-hydrogen) atoms. The molecule has 0 aliphatic heterocycles. The van der Waals surface area contributed by atoms with Crippen molar-refractivity contribution in [1.29, 1.82) is 0 Å². The first-order chi connectivity index (χ1) is 12.2. The van der Waals surface area contributed by atoms with Crippen LogP contribution in [0.2, 0.25) is 0 Å². The third-order valence-electron chi connectivity index (χ3n) is 3.75. The maximum atomic E-state index is 13.5. The number of nitrogens with zero attached hydrogens (tertiary/aromatic N) is 4. The molecule has 124 valence electrons. The molecule has 1 N–H and O–H groups in total. The number of rotatable bonds is 4. The first-order valence-corrected chi connectivity index (χ1v) is 7.60. The van der Waals surface area contributed by atoms with E-state index >= 15 is 0 Å². The molecule has 4 aromatic rings. The SMILES string of the molecule is COc1cccc(Nc2ncnc3c2cnn3-c2cccc(F)c2)c1. The van der Waals surface area contributed by atoms with Gasteiger partial charge in [0.1, 0.15) is 23.7 Å². The van der Waals surface area contributed by atoms with Crippen molar-refractivity contribution in [3.63, 3.8) is 0 Å². The van der Waals surface area contributed by atoms with Crippen molar-refractivity contribution in [3.05, 3.63) is 66.9 Å². The number of aromatic nitrogens is 4. The lowest BCUT2D eigenvalue weighted by Gasteiger charge is -2.08. The molecular weight excluding hydrogens is 321 g/mol. The molecule has 0 aliphatic carbocycles. The molecule has 7 heteroatoms. The Hall–Kier alpha value is -3.48. The van der Waals surface area contributed by atoms with E-state index in [1.807, 2.05) is 24.3 Å². The molecule has 2 aromatic heterocycles. The van der Waals surface area contributed by atoms with Gasteiger partial charge in [-0.3, -0.25) is 0 Å². The van der Waals surface area contributed by atoms with Gasteiger partial charge in [-0.15, -0.1) is 0 Å². The smallest absolute Gasteiger partial charge is 0.168 e. The summed E-state index contributed by atoms with van der Waals surface area (Å²) in [7, 11) is 1.62. The van der Waals surface area contributed by atoms with Crippen LogP contribution in [-0.2, 0) is 0 Å². The third-order valence-corrected chi connectivity index (χ3v) is 3.75. The fraction of sp³-hybridized carbons (Fsp3) is 0.0556. The van der Waals surface area contributed by atoms with Crippen molar-refractivity contribution in [3.8, 4) is 11.4 Å². The van der Waals surface area contributed by atoms with Crippen LogP contribution in [0.5, 0.6) is 5.75 Å². The van der Waals surface area contributed by atoms with Crippen molar-refractivity contribution in [1.82, 2.24) is 19.7 Å². The van der Waals surface area contributed by atoms with Crippen molar-refractivity contribution >= 4 is 22.5 Å². The molecule has 0 radical (unpaired) electrons. The van der Waals surface area contributed by atoms with Crippen LogP contribution in [-0.4, -0.2) is 26.9 Å². The van der Waals surface area contributed by atoms with Crippen LogP contribution in [0.4, 0.5) is 15.9 Å². The van der Waals surface area contributed by atoms with E-state index in [0.717, 1.165) is 16.8 Å². The zero-order valence-electron chi connectivity index (χ0n) is 13.3. The van der Waals surface area contributed by atoms with E-state index in [1.54, 1.807) is 30.1 Å². The average molecular weight is 335 g/mol. The highest BCUT2D eigenvalue weighted by atomic mass is 19.1. The second-order valence-electron chi connectivity index (χ2n) is 5.35. The summed E-state index contributed by atoms with van der Waals surface area (Å²) in [5.41, 5.74) is 2.02. The first kappa shape index (κ1) is 15.1. The number of methoxy groups -OCH3 is 1. The average Bonchev–Trinajstić information content (AvgIpc) is 3.07. The Labute approximate surface area is 142 Å². The largest absolute Gasteiger partial charge is 0.497 e. The Bertz CT molecular complexity index is 1050. The van der Waals surface area contributed by atoms with Crippen LogP contribution >= 0.6 is 0 Å². The molecule has 0 unspecified atom stereocenters. The first-order valence-electron chi connectivity index (χ1n) is 7.60. The second kappa shape index (κ2) is 6.20.